The number of nitrogens with zero attached hydrogens (tertiary/aromatic N) is 2. The van der Waals surface area contributed by atoms with Crippen LogP contribution in [0.15, 0.2) is 51.8 Å². The number of methoxy groups -OCH3 is 1. The smallest absolute Gasteiger partial charge is 0.339 e. The average Bonchev–Trinajstić information content (AvgIpc) is 3.16. The Morgan fingerprint density at radius 2 is 2.07 bits per heavy atom. The number of rotatable bonds is 6. The Hall–Kier alpha value is -3.61. The molecule has 4 rings (SSSR count). The Morgan fingerprint density at radius 1 is 1.23 bits per heavy atom. The van der Waals surface area contributed by atoms with Gasteiger partial charge < -0.3 is 18.9 Å². The molecule has 1 N–H and O–H groups in total. The van der Waals surface area contributed by atoms with E-state index in [4.69, 9.17) is 9.15 Å². The summed E-state index contributed by atoms with van der Waals surface area (Å²) >= 11 is 0. The van der Waals surface area contributed by atoms with Crippen LogP contribution in [0.3, 0.4) is 0 Å². The summed E-state index contributed by atoms with van der Waals surface area (Å²) in [4.78, 5) is 29.3. The number of hydrogen-bond acceptors (Lipinski definition) is 5. The molecule has 0 bridgehead atoms. The number of benzene rings is 1. The summed E-state index contributed by atoms with van der Waals surface area (Å²) in [6, 6.07) is 11.3. The van der Waals surface area contributed by atoms with E-state index >= 15 is 0 Å². The zero-order chi connectivity index (χ0) is 21.3. The minimum absolute atomic E-state index is 0.141. The van der Waals surface area contributed by atoms with Crippen LogP contribution >= 0.6 is 0 Å². The van der Waals surface area contributed by atoms with E-state index in [0.717, 1.165) is 28.0 Å². The van der Waals surface area contributed by atoms with Crippen molar-refractivity contribution in [2.75, 3.05) is 7.11 Å². The number of carbonyl (C=O) groups excluding carboxylic acids is 1. The Kier molecular flexibility index (Phi) is 5.27. The molecule has 0 fully saturated rings. The van der Waals surface area contributed by atoms with Crippen molar-refractivity contribution >= 4 is 22.5 Å². The molecular weight excluding hydrogens is 382 g/mol. The number of aromatic nitrogens is 2. The van der Waals surface area contributed by atoms with Crippen molar-refractivity contribution in [1.82, 2.24) is 14.7 Å². The van der Waals surface area contributed by atoms with Gasteiger partial charge in [-0.2, -0.15) is 0 Å². The van der Waals surface area contributed by atoms with Gasteiger partial charge in [0.05, 0.1) is 19.3 Å². The lowest BCUT2D eigenvalue weighted by atomic mass is 10.0. The van der Waals surface area contributed by atoms with Gasteiger partial charge in [-0.25, -0.2) is 9.78 Å². The van der Waals surface area contributed by atoms with Crippen LogP contribution in [0.5, 0.6) is 5.75 Å². The minimum Gasteiger partial charge on any atom is -0.497 e. The first-order chi connectivity index (χ1) is 14.5. The predicted octanol–water partition coefficient (Wildman–Crippen LogP) is 3.32. The van der Waals surface area contributed by atoms with E-state index < -0.39 is 5.63 Å². The van der Waals surface area contributed by atoms with Crippen LogP contribution in [0.4, 0.5) is 0 Å². The van der Waals surface area contributed by atoms with E-state index in [-0.39, 0.29) is 12.3 Å². The molecule has 1 amide bonds. The molecule has 0 saturated carbocycles. The normalized spacial score (nSPS) is 11.2. The van der Waals surface area contributed by atoms with E-state index in [2.05, 4.69) is 10.3 Å². The van der Waals surface area contributed by atoms with Crippen molar-refractivity contribution in [2.24, 2.45) is 0 Å². The van der Waals surface area contributed by atoms with Gasteiger partial charge in [0.2, 0.25) is 5.91 Å². The van der Waals surface area contributed by atoms with Gasteiger partial charge in [-0.15, -0.1) is 0 Å². The molecule has 0 spiro atoms. The minimum atomic E-state index is -0.420. The highest BCUT2D eigenvalue weighted by molar-refractivity contribution is 5.82. The molecule has 7 nitrogen and oxygen atoms in total. The number of ether oxygens (including phenoxy) is 1. The molecule has 3 heterocycles. The Bertz CT molecular complexity index is 1300. The molecule has 0 atom stereocenters. The number of carbonyl (C=O) groups is 1. The van der Waals surface area contributed by atoms with Crippen molar-refractivity contribution in [3.05, 3.63) is 75.5 Å². The zero-order valence-electron chi connectivity index (χ0n) is 17.2. The first-order valence-electron chi connectivity index (χ1n) is 9.77. The highest BCUT2D eigenvalue weighted by Crippen LogP contribution is 2.24. The fourth-order valence-corrected chi connectivity index (χ4v) is 3.59. The number of imidazole rings is 1. The molecule has 0 unspecified atom stereocenters. The number of nitrogens with one attached hydrogen (secondary N) is 1. The van der Waals surface area contributed by atoms with Gasteiger partial charge in [0.1, 0.15) is 17.0 Å². The SMILES string of the molecule is COc1ccc2c(C)c(CCC(=O)NCc3cn4c(C)cccc4n3)c(=O)oc2c1. The van der Waals surface area contributed by atoms with Gasteiger partial charge in [0, 0.05) is 35.3 Å². The van der Waals surface area contributed by atoms with Crippen LogP contribution in [0.1, 0.15) is 28.9 Å². The van der Waals surface area contributed by atoms with E-state index in [1.807, 2.05) is 54.8 Å². The van der Waals surface area contributed by atoms with E-state index in [1.165, 1.54) is 0 Å². The summed E-state index contributed by atoms with van der Waals surface area (Å²) in [5, 5.41) is 3.72. The van der Waals surface area contributed by atoms with Gasteiger partial charge in [0.25, 0.3) is 0 Å². The molecular formula is C23H23N3O4. The summed E-state index contributed by atoms with van der Waals surface area (Å²) in [6.45, 7) is 4.22. The second-order valence-electron chi connectivity index (χ2n) is 7.26. The van der Waals surface area contributed by atoms with Crippen molar-refractivity contribution in [2.45, 2.75) is 33.2 Å². The Balaban J connectivity index is 1.43. The third kappa shape index (κ3) is 3.78. The van der Waals surface area contributed by atoms with E-state index in [9.17, 15) is 9.59 Å². The standard InChI is InChI=1S/C23H23N3O4/c1-14-5-4-6-21-25-16(13-26(14)21)12-24-22(27)10-9-19-15(2)18-8-7-17(29-3)11-20(18)30-23(19)28/h4-8,11,13H,9-10,12H2,1-3H3,(H,24,27). The van der Waals surface area contributed by atoms with Gasteiger partial charge in [0.15, 0.2) is 0 Å². The number of hydrogen-bond donors (Lipinski definition) is 1. The van der Waals surface area contributed by atoms with Gasteiger partial charge in [-0.1, -0.05) is 6.07 Å². The molecule has 154 valence electrons. The maximum atomic E-state index is 12.4. The topological polar surface area (TPSA) is 85.8 Å². The van der Waals surface area contributed by atoms with Crippen LogP contribution < -0.4 is 15.7 Å². The lowest BCUT2D eigenvalue weighted by Crippen LogP contribution is -2.24. The highest BCUT2D eigenvalue weighted by atomic mass is 16.5. The van der Waals surface area contributed by atoms with Crippen LogP contribution in [-0.4, -0.2) is 22.4 Å². The third-order valence-corrected chi connectivity index (χ3v) is 5.31. The van der Waals surface area contributed by atoms with E-state index in [1.54, 1.807) is 13.2 Å². The fourth-order valence-electron chi connectivity index (χ4n) is 3.59. The number of fused-ring (bicyclic) bond motifs is 2. The van der Waals surface area contributed by atoms with Crippen molar-refractivity contribution in [3.63, 3.8) is 0 Å². The van der Waals surface area contributed by atoms with E-state index in [0.29, 0.717) is 29.9 Å². The monoisotopic (exact) mass is 405 g/mol. The predicted molar refractivity (Wildman–Crippen MR) is 114 cm³/mol. The van der Waals surface area contributed by atoms with Crippen molar-refractivity contribution in [3.8, 4) is 5.75 Å². The van der Waals surface area contributed by atoms with Crippen LogP contribution in [0.25, 0.3) is 16.6 Å². The van der Waals surface area contributed by atoms with Gasteiger partial charge in [-0.05, 0) is 50.1 Å². The molecule has 7 heteroatoms. The molecule has 3 aromatic heterocycles. The second kappa shape index (κ2) is 8.02. The van der Waals surface area contributed by atoms with Crippen LogP contribution in [-0.2, 0) is 17.8 Å². The maximum Gasteiger partial charge on any atom is 0.339 e. The molecule has 4 aromatic rings. The zero-order valence-corrected chi connectivity index (χ0v) is 17.2. The lowest BCUT2D eigenvalue weighted by molar-refractivity contribution is -0.121. The van der Waals surface area contributed by atoms with Crippen molar-refractivity contribution < 1.29 is 13.9 Å². The Morgan fingerprint density at radius 3 is 2.83 bits per heavy atom. The van der Waals surface area contributed by atoms with Crippen LogP contribution in [0.2, 0.25) is 0 Å². The summed E-state index contributed by atoms with van der Waals surface area (Å²) in [6.07, 6.45) is 2.42. The average molecular weight is 405 g/mol. The van der Waals surface area contributed by atoms with Gasteiger partial charge >= 0.3 is 5.63 Å². The largest absolute Gasteiger partial charge is 0.497 e. The van der Waals surface area contributed by atoms with Crippen molar-refractivity contribution in [1.29, 1.82) is 0 Å². The summed E-state index contributed by atoms with van der Waals surface area (Å²) in [7, 11) is 1.56. The third-order valence-electron chi connectivity index (χ3n) is 5.31. The number of amides is 1. The lowest BCUT2D eigenvalue weighted by Gasteiger charge is -2.09. The maximum absolute atomic E-state index is 12.4. The summed E-state index contributed by atoms with van der Waals surface area (Å²) in [5.74, 6) is 0.483. The summed E-state index contributed by atoms with van der Waals surface area (Å²) in [5.41, 5.74) is 4.12. The number of pyridine rings is 1. The molecule has 0 saturated heterocycles. The highest BCUT2D eigenvalue weighted by Gasteiger charge is 2.14. The number of aryl methyl sites for hydroxylation is 2. The first kappa shape index (κ1) is 19.7. The quantitative estimate of drug-likeness (QED) is 0.498. The molecule has 30 heavy (non-hydrogen) atoms. The molecule has 0 aliphatic rings. The van der Waals surface area contributed by atoms with Crippen LogP contribution in [0, 0.1) is 13.8 Å². The molecule has 0 aliphatic heterocycles. The second-order valence-corrected chi connectivity index (χ2v) is 7.26. The summed E-state index contributed by atoms with van der Waals surface area (Å²) < 4.78 is 12.6. The Labute approximate surface area is 173 Å². The van der Waals surface area contributed by atoms with Gasteiger partial charge in [-0.3, -0.25) is 4.79 Å². The molecule has 0 radical (unpaired) electrons. The molecule has 1 aromatic carbocycles. The first-order valence-corrected chi connectivity index (χ1v) is 9.77. The molecule has 0 aliphatic carbocycles. The fraction of sp³-hybridized carbons (Fsp3) is 0.261.